The number of carbonyl (C=O) groups is 1. The van der Waals surface area contributed by atoms with Gasteiger partial charge in [0.25, 0.3) is 0 Å². The van der Waals surface area contributed by atoms with E-state index in [-0.39, 0.29) is 5.56 Å². The van der Waals surface area contributed by atoms with Crippen molar-refractivity contribution in [1.29, 1.82) is 0 Å². The number of anilines is 1. The van der Waals surface area contributed by atoms with E-state index in [9.17, 15) is 9.18 Å². The second-order valence-electron chi connectivity index (χ2n) is 3.84. The van der Waals surface area contributed by atoms with Crippen LogP contribution in [0.2, 0.25) is 0 Å². The zero-order valence-corrected chi connectivity index (χ0v) is 11.0. The number of nitrogens with zero attached hydrogens (tertiary/aromatic N) is 1. The van der Waals surface area contributed by atoms with E-state index < -0.39 is 11.8 Å². The number of rotatable bonds is 6. The van der Waals surface area contributed by atoms with Gasteiger partial charge in [-0.25, -0.2) is 9.18 Å². The Hall–Kier alpha value is -1.62. The quantitative estimate of drug-likeness (QED) is 0.784. The Morgan fingerprint density at radius 3 is 2.72 bits per heavy atom. The number of halogens is 1. The summed E-state index contributed by atoms with van der Waals surface area (Å²) in [5.74, 6) is -1.21. The summed E-state index contributed by atoms with van der Waals surface area (Å²) in [6.45, 7) is 4.37. The molecule has 18 heavy (non-hydrogen) atoms. The van der Waals surface area contributed by atoms with Crippen LogP contribution >= 0.6 is 0 Å². The van der Waals surface area contributed by atoms with E-state index >= 15 is 0 Å². The molecular weight excluding hydrogens is 235 g/mol. The molecule has 5 heteroatoms. The van der Waals surface area contributed by atoms with E-state index in [1.807, 2.05) is 18.9 Å². The average molecular weight is 254 g/mol. The van der Waals surface area contributed by atoms with Gasteiger partial charge in [0, 0.05) is 25.3 Å². The fourth-order valence-corrected chi connectivity index (χ4v) is 1.69. The molecule has 4 nitrogen and oxygen atoms in total. The smallest absolute Gasteiger partial charge is 0.340 e. The maximum absolute atomic E-state index is 13.8. The maximum atomic E-state index is 13.8. The normalized spacial score (nSPS) is 10.2. The predicted octanol–water partition coefficient (Wildman–Crippen LogP) is 1.66. The SMILES string of the molecule is CCN(CCNC)c1ccc(C(=O)OC)c(F)c1. The first kappa shape index (κ1) is 14.4. The fourth-order valence-electron chi connectivity index (χ4n) is 1.69. The van der Waals surface area contributed by atoms with Crippen molar-refractivity contribution in [3.63, 3.8) is 0 Å². The van der Waals surface area contributed by atoms with E-state index in [1.54, 1.807) is 6.07 Å². The van der Waals surface area contributed by atoms with Gasteiger partial charge in [0.1, 0.15) is 5.82 Å². The number of likely N-dealkylation sites (N-methyl/N-ethyl adjacent to an activating group) is 2. The van der Waals surface area contributed by atoms with Crippen LogP contribution in [0.25, 0.3) is 0 Å². The van der Waals surface area contributed by atoms with E-state index in [1.165, 1.54) is 19.2 Å². The van der Waals surface area contributed by atoms with Crippen molar-refractivity contribution in [3.05, 3.63) is 29.6 Å². The van der Waals surface area contributed by atoms with Crippen molar-refractivity contribution in [3.8, 4) is 0 Å². The van der Waals surface area contributed by atoms with Crippen LogP contribution < -0.4 is 10.2 Å². The molecule has 0 unspecified atom stereocenters. The van der Waals surface area contributed by atoms with Crippen LogP contribution in [0.3, 0.4) is 0 Å². The lowest BCUT2D eigenvalue weighted by atomic mass is 10.2. The van der Waals surface area contributed by atoms with Crippen LogP contribution in [0.15, 0.2) is 18.2 Å². The Kier molecular flexibility index (Phi) is 5.58. The lowest BCUT2D eigenvalue weighted by Gasteiger charge is -2.23. The highest BCUT2D eigenvalue weighted by atomic mass is 19.1. The van der Waals surface area contributed by atoms with Crippen molar-refractivity contribution < 1.29 is 13.9 Å². The van der Waals surface area contributed by atoms with Crippen molar-refractivity contribution in [1.82, 2.24) is 5.32 Å². The van der Waals surface area contributed by atoms with Gasteiger partial charge in [-0.3, -0.25) is 0 Å². The van der Waals surface area contributed by atoms with Crippen molar-refractivity contribution >= 4 is 11.7 Å². The molecule has 0 aliphatic carbocycles. The van der Waals surface area contributed by atoms with Gasteiger partial charge in [0.05, 0.1) is 12.7 Å². The van der Waals surface area contributed by atoms with Gasteiger partial charge in [-0.15, -0.1) is 0 Å². The summed E-state index contributed by atoms with van der Waals surface area (Å²) in [6, 6.07) is 4.55. The minimum Gasteiger partial charge on any atom is -0.465 e. The molecule has 0 bridgehead atoms. The molecule has 0 aliphatic rings. The number of carbonyl (C=O) groups excluding carboxylic acids is 1. The second-order valence-corrected chi connectivity index (χ2v) is 3.84. The molecule has 0 aliphatic heterocycles. The molecule has 0 amide bonds. The van der Waals surface area contributed by atoms with Crippen LogP contribution in [0.5, 0.6) is 0 Å². The van der Waals surface area contributed by atoms with Gasteiger partial charge in [-0.1, -0.05) is 0 Å². The third-order valence-electron chi connectivity index (χ3n) is 2.74. The van der Waals surface area contributed by atoms with Crippen LogP contribution in [-0.4, -0.2) is 39.8 Å². The monoisotopic (exact) mass is 254 g/mol. The maximum Gasteiger partial charge on any atom is 0.340 e. The van der Waals surface area contributed by atoms with Gasteiger partial charge >= 0.3 is 5.97 Å². The molecule has 0 radical (unpaired) electrons. The molecule has 100 valence electrons. The highest BCUT2D eigenvalue weighted by Gasteiger charge is 2.14. The van der Waals surface area contributed by atoms with Crippen LogP contribution in [0.4, 0.5) is 10.1 Å². The first-order valence-electron chi connectivity index (χ1n) is 5.91. The minimum absolute atomic E-state index is 0.0362. The second kappa shape index (κ2) is 6.96. The van der Waals surface area contributed by atoms with Crippen molar-refractivity contribution in [2.45, 2.75) is 6.92 Å². The van der Waals surface area contributed by atoms with Crippen molar-refractivity contribution in [2.24, 2.45) is 0 Å². The summed E-state index contributed by atoms with van der Waals surface area (Å²) < 4.78 is 18.3. The highest BCUT2D eigenvalue weighted by molar-refractivity contribution is 5.90. The summed E-state index contributed by atoms with van der Waals surface area (Å²) in [6.07, 6.45) is 0. The molecule has 0 spiro atoms. The van der Waals surface area contributed by atoms with Gasteiger partial charge in [-0.2, -0.15) is 0 Å². The van der Waals surface area contributed by atoms with E-state index in [2.05, 4.69) is 10.1 Å². The van der Waals surface area contributed by atoms with Gasteiger partial charge in [0.15, 0.2) is 0 Å². The minimum atomic E-state index is -0.655. The Labute approximate surface area is 107 Å². The highest BCUT2D eigenvalue weighted by Crippen LogP contribution is 2.19. The molecule has 0 saturated heterocycles. The first-order valence-corrected chi connectivity index (χ1v) is 5.91. The largest absolute Gasteiger partial charge is 0.465 e. The summed E-state index contributed by atoms with van der Waals surface area (Å²) in [7, 11) is 3.11. The topological polar surface area (TPSA) is 41.6 Å². The van der Waals surface area contributed by atoms with Crippen molar-refractivity contribution in [2.75, 3.05) is 38.7 Å². The number of nitrogens with one attached hydrogen (secondary N) is 1. The molecule has 1 N–H and O–H groups in total. The molecule has 0 saturated carbocycles. The zero-order valence-electron chi connectivity index (χ0n) is 11.0. The lowest BCUT2D eigenvalue weighted by Crippen LogP contribution is -2.30. The van der Waals surface area contributed by atoms with E-state index in [0.29, 0.717) is 0 Å². The Morgan fingerprint density at radius 2 is 2.22 bits per heavy atom. The van der Waals surface area contributed by atoms with E-state index in [0.717, 1.165) is 25.3 Å². The Balaban J connectivity index is 2.91. The molecule has 1 aromatic rings. The predicted molar refractivity (Wildman–Crippen MR) is 69.6 cm³/mol. The molecule has 0 fully saturated rings. The van der Waals surface area contributed by atoms with Crippen LogP contribution in [0.1, 0.15) is 17.3 Å². The average Bonchev–Trinajstić information content (AvgIpc) is 2.39. The number of hydrogen-bond acceptors (Lipinski definition) is 4. The first-order chi connectivity index (χ1) is 8.63. The summed E-state index contributed by atoms with van der Waals surface area (Å²) in [5.41, 5.74) is 0.726. The Morgan fingerprint density at radius 1 is 1.50 bits per heavy atom. The lowest BCUT2D eigenvalue weighted by molar-refractivity contribution is 0.0595. The van der Waals surface area contributed by atoms with Crippen LogP contribution in [0, 0.1) is 5.82 Å². The van der Waals surface area contributed by atoms with Crippen LogP contribution in [-0.2, 0) is 4.74 Å². The third-order valence-corrected chi connectivity index (χ3v) is 2.74. The molecule has 1 aromatic carbocycles. The van der Waals surface area contributed by atoms with Gasteiger partial charge < -0.3 is 15.0 Å². The Bertz CT molecular complexity index is 410. The molecular formula is C13H19FN2O2. The van der Waals surface area contributed by atoms with Gasteiger partial charge in [-0.05, 0) is 32.2 Å². The number of esters is 1. The standard InChI is InChI=1S/C13H19FN2O2/c1-4-16(8-7-15-2)10-5-6-11(12(14)9-10)13(17)18-3/h5-6,9,15H,4,7-8H2,1-3H3. The molecule has 1 rings (SSSR count). The number of methoxy groups -OCH3 is 1. The fraction of sp³-hybridized carbons (Fsp3) is 0.462. The zero-order chi connectivity index (χ0) is 13.5. The van der Waals surface area contributed by atoms with E-state index in [4.69, 9.17) is 0 Å². The molecule has 0 atom stereocenters. The summed E-state index contributed by atoms with van der Waals surface area (Å²) >= 11 is 0. The third kappa shape index (κ3) is 3.43. The summed E-state index contributed by atoms with van der Waals surface area (Å²) in [5, 5.41) is 3.05. The molecule has 0 aromatic heterocycles. The number of hydrogen-bond donors (Lipinski definition) is 1. The number of benzene rings is 1. The van der Waals surface area contributed by atoms with Gasteiger partial charge in [0.2, 0.25) is 0 Å². The summed E-state index contributed by atoms with van der Waals surface area (Å²) in [4.78, 5) is 13.3. The number of ether oxygens (including phenoxy) is 1. The molecule has 0 heterocycles.